The van der Waals surface area contributed by atoms with E-state index in [-0.39, 0.29) is 17.0 Å². The third-order valence-electron chi connectivity index (χ3n) is 6.29. The molecule has 0 spiro atoms. The maximum Gasteiger partial charge on any atom is 0.274 e. The summed E-state index contributed by atoms with van der Waals surface area (Å²) < 4.78 is 0. The van der Waals surface area contributed by atoms with Crippen LogP contribution in [0, 0.1) is 13.8 Å². The number of hydrogen-bond acceptors (Lipinski definition) is 4. The summed E-state index contributed by atoms with van der Waals surface area (Å²) in [6, 6.07) is 6.71. The van der Waals surface area contributed by atoms with Crippen molar-refractivity contribution in [3.8, 4) is 0 Å². The van der Waals surface area contributed by atoms with Crippen LogP contribution >= 0.6 is 0 Å². The van der Waals surface area contributed by atoms with Gasteiger partial charge in [0.2, 0.25) is 0 Å². The third kappa shape index (κ3) is 4.07. The largest absolute Gasteiger partial charge is 0.503 e. The number of aliphatic imine (C=N–C) groups is 1. The monoisotopic (exact) mass is 397 g/mol. The van der Waals surface area contributed by atoms with Crippen molar-refractivity contribution in [2.24, 2.45) is 4.99 Å². The molecule has 1 saturated carbocycles. The lowest BCUT2D eigenvalue weighted by Crippen LogP contribution is -2.51. The number of hydrogen-bond donors (Lipinski definition) is 1. The summed E-state index contributed by atoms with van der Waals surface area (Å²) >= 11 is 0. The van der Waals surface area contributed by atoms with E-state index in [1.165, 1.54) is 21.6 Å². The minimum Gasteiger partial charge on any atom is -0.503 e. The molecule has 3 rings (SSSR count). The van der Waals surface area contributed by atoms with Crippen molar-refractivity contribution in [2.45, 2.75) is 51.4 Å². The number of nitrogens with zero attached hydrogens (tertiary/aromatic N) is 3. The first-order chi connectivity index (χ1) is 13.8. The summed E-state index contributed by atoms with van der Waals surface area (Å²) in [5.74, 6) is -0.139. The number of amides is 1. The molecule has 1 aliphatic carbocycles. The minimum absolute atomic E-state index is 0.0305. The second-order valence-corrected chi connectivity index (χ2v) is 8.41. The Kier molecular flexibility index (Phi) is 6.10. The van der Waals surface area contributed by atoms with E-state index in [0.717, 1.165) is 31.5 Å². The molecule has 1 aromatic carbocycles. The molecule has 1 aliphatic heterocycles. The van der Waals surface area contributed by atoms with Crippen molar-refractivity contribution in [1.29, 1.82) is 0 Å². The highest BCUT2D eigenvalue weighted by molar-refractivity contribution is 6.03. The van der Waals surface area contributed by atoms with Gasteiger partial charge in [-0.15, -0.1) is 0 Å². The minimum atomic E-state index is -0.533. The van der Waals surface area contributed by atoms with Crippen LogP contribution in [-0.4, -0.2) is 60.1 Å². The summed E-state index contributed by atoms with van der Waals surface area (Å²) in [6.07, 6.45) is 5.47. The number of aliphatic hydroxyl groups is 1. The fraction of sp³-hybridized carbons (Fsp3) is 0.522. The van der Waals surface area contributed by atoms with E-state index in [9.17, 15) is 14.7 Å². The Morgan fingerprint density at radius 2 is 1.79 bits per heavy atom. The lowest BCUT2D eigenvalue weighted by Gasteiger charge is -2.39. The Hall–Kier alpha value is -2.63. The Balaban J connectivity index is 2.01. The second-order valence-electron chi connectivity index (χ2n) is 8.41. The van der Waals surface area contributed by atoms with Crippen LogP contribution in [0.2, 0.25) is 0 Å². The molecule has 6 heteroatoms. The Morgan fingerprint density at radius 3 is 2.34 bits per heavy atom. The highest BCUT2D eigenvalue weighted by Crippen LogP contribution is 2.45. The molecule has 0 aromatic heterocycles. The van der Waals surface area contributed by atoms with Gasteiger partial charge in [0.25, 0.3) is 5.91 Å². The molecular formula is C23H31N3O3. The van der Waals surface area contributed by atoms with Crippen LogP contribution in [-0.2, 0) is 15.0 Å². The lowest BCUT2D eigenvalue weighted by molar-refractivity contribution is -0.129. The van der Waals surface area contributed by atoms with Gasteiger partial charge in [0.05, 0.1) is 0 Å². The normalized spacial score (nSPS) is 21.5. The van der Waals surface area contributed by atoms with Crippen molar-refractivity contribution >= 4 is 18.0 Å². The molecule has 2 fully saturated rings. The maximum atomic E-state index is 12.7. The number of piperazine rings is 1. The summed E-state index contributed by atoms with van der Waals surface area (Å²) in [4.78, 5) is 31.8. The van der Waals surface area contributed by atoms with Crippen molar-refractivity contribution in [3.05, 3.63) is 46.3 Å². The van der Waals surface area contributed by atoms with E-state index in [0.29, 0.717) is 25.8 Å². The summed E-state index contributed by atoms with van der Waals surface area (Å²) in [7, 11) is 3.40. The number of likely N-dealkylation sites (N-methyl/N-ethyl adjacent to an activating group) is 1. The van der Waals surface area contributed by atoms with Crippen LogP contribution in [0.3, 0.4) is 0 Å². The standard InChI is InChI=1S/C23H31N3O3/c1-16-11-17(2)13-18(12-16)23(7-5-6-8-23)14-20(24-3)26-10-9-25(4)22(29)21(26)19(28)15-27/h11-13,15,28H,5-10,14H2,1-4H3/b21-19+,24-20?. The van der Waals surface area contributed by atoms with Crippen LogP contribution in [0.1, 0.15) is 48.8 Å². The van der Waals surface area contributed by atoms with E-state index in [1.807, 2.05) is 0 Å². The first-order valence-electron chi connectivity index (χ1n) is 10.3. The number of carbonyl (C=O) groups is 2. The summed E-state index contributed by atoms with van der Waals surface area (Å²) in [6.45, 7) is 5.27. The number of aryl methyl sites for hydroxylation is 2. The quantitative estimate of drug-likeness (QED) is 0.278. The third-order valence-corrected chi connectivity index (χ3v) is 6.29. The molecule has 1 N–H and O–H groups in total. The Morgan fingerprint density at radius 1 is 1.17 bits per heavy atom. The molecule has 0 atom stereocenters. The first-order valence-corrected chi connectivity index (χ1v) is 10.3. The highest BCUT2D eigenvalue weighted by Gasteiger charge is 2.40. The highest BCUT2D eigenvalue weighted by atomic mass is 16.3. The van der Waals surface area contributed by atoms with Crippen LogP contribution < -0.4 is 0 Å². The van der Waals surface area contributed by atoms with Gasteiger partial charge in [-0.2, -0.15) is 0 Å². The maximum absolute atomic E-state index is 12.7. The fourth-order valence-electron chi connectivity index (χ4n) is 4.82. The van der Waals surface area contributed by atoms with Crippen molar-refractivity contribution < 1.29 is 14.7 Å². The van der Waals surface area contributed by atoms with E-state index >= 15 is 0 Å². The molecule has 6 nitrogen and oxygen atoms in total. The van der Waals surface area contributed by atoms with Gasteiger partial charge in [-0.3, -0.25) is 14.6 Å². The van der Waals surface area contributed by atoms with Gasteiger partial charge in [-0.1, -0.05) is 42.2 Å². The van der Waals surface area contributed by atoms with E-state index in [1.54, 1.807) is 19.0 Å². The number of aliphatic hydroxyl groups excluding tert-OH is 1. The predicted octanol–water partition coefficient (Wildman–Crippen LogP) is 3.28. The zero-order valence-electron chi connectivity index (χ0n) is 17.9. The Labute approximate surface area is 172 Å². The molecule has 1 amide bonds. The number of rotatable bonds is 4. The molecule has 2 aliphatic rings. The molecule has 29 heavy (non-hydrogen) atoms. The van der Waals surface area contributed by atoms with Crippen LogP contribution in [0.4, 0.5) is 0 Å². The zero-order chi connectivity index (χ0) is 21.2. The number of amidine groups is 1. The van der Waals surface area contributed by atoms with Crippen LogP contribution in [0.5, 0.6) is 0 Å². The lowest BCUT2D eigenvalue weighted by atomic mass is 9.74. The average molecular weight is 398 g/mol. The summed E-state index contributed by atoms with van der Waals surface area (Å²) in [5.41, 5.74) is 3.80. The van der Waals surface area contributed by atoms with E-state index in [4.69, 9.17) is 0 Å². The molecule has 0 bridgehead atoms. The number of allylic oxidation sites excluding steroid dienone is 1. The number of carbonyl (C=O) groups excluding carboxylic acids is 2. The molecule has 1 saturated heterocycles. The van der Waals surface area contributed by atoms with Gasteiger partial charge in [0.15, 0.2) is 17.7 Å². The van der Waals surface area contributed by atoms with E-state index in [2.05, 4.69) is 37.0 Å². The predicted molar refractivity (Wildman–Crippen MR) is 114 cm³/mol. The number of benzene rings is 1. The molecule has 156 valence electrons. The van der Waals surface area contributed by atoms with Gasteiger partial charge in [0.1, 0.15) is 5.84 Å². The van der Waals surface area contributed by atoms with Crippen molar-refractivity contribution in [2.75, 3.05) is 27.2 Å². The number of aldehydes is 1. The Bertz CT molecular complexity index is 846. The van der Waals surface area contributed by atoms with Gasteiger partial charge in [-0.25, -0.2) is 0 Å². The SMILES string of the molecule is CN=C(CC1(c2cc(C)cc(C)c2)CCCC1)N1CCN(C)C(=O)/C1=C(\O)C=O. The second kappa shape index (κ2) is 8.39. The smallest absolute Gasteiger partial charge is 0.274 e. The molecule has 1 aromatic rings. The average Bonchev–Trinajstić information content (AvgIpc) is 3.17. The van der Waals surface area contributed by atoms with Crippen LogP contribution in [0.15, 0.2) is 34.6 Å². The molecule has 0 radical (unpaired) electrons. The molecular weight excluding hydrogens is 366 g/mol. The topological polar surface area (TPSA) is 73.2 Å². The van der Waals surface area contributed by atoms with Gasteiger partial charge in [0, 0.05) is 39.0 Å². The summed E-state index contributed by atoms with van der Waals surface area (Å²) in [5, 5.41) is 10.2. The van der Waals surface area contributed by atoms with Crippen LogP contribution in [0.25, 0.3) is 0 Å². The molecule has 0 unspecified atom stereocenters. The molecule has 1 heterocycles. The van der Waals surface area contributed by atoms with Crippen molar-refractivity contribution in [1.82, 2.24) is 9.80 Å². The van der Waals surface area contributed by atoms with E-state index < -0.39 is 5.76 Å². The van der Waals surface area contributed by atoms with Gasteiger partial charge < -0.3 is 14.9 Å². The van der Waals surface area contributed by atoms with Gasteiger partial charge in [-0.05, 0) is 32.3 Å². The zero-order valence-corrected chi connectivity index (χ0v) is 17.9. The fourth-order valence-corrected chi connectivity index (χ4v) is 4.82. The van der Waals surface area contributed by atoms with Crippen molar-refractivity contribution in [3.63, 3.8) is 0 Å². The van der Waals surface area contributed by atoms with Gasteiger partial charge >= 0.3 is 0 Å². The first kappa shape index (κ1) is 21.1.